The molecule has 0 aliphatic carbocycles. The van der Waals surface area contributed by atoms with Crippen molar-refractivity contribution in [3.8, 4) is 0 Å². The van der Waals surface area contributed by atoms with Crippen LogP contribution in [0, 0.1) is 0 Å². The lowest BCUT2D eigenvalue weighted by atomic mass is 10.2. The molecule has 1 aliphatic rings. The highest BCUT2D eigenvalue weighted by Crippen LogP contribution is 2.30. The molecule has 6 heteroatoms. The molecule has 1 fully saturated rings. The number of hydrogen-bond donors (Lipinski definition) is 2. The molecule has 2 rings (SSSR count). The largest absolute Gasteiger partial charge is 0.480 e. The zero-order valence-electron chi connectivity index (χ0n) is 8.38. The van der Waals surface area contributed by atoms with Crippen molar-refractivity contribution in [1.82, 2.24) is 14.9 Å². The highest BCUT2D eigenvalue weighted by atomic mass is 32.2. The zero-order valence-corrected chi connectivity index (χ0v) is 9.20. The number of carboxylic acid groups (broad SMARTS) is 1. The second-order valence-corrected chi connectivity index (χ2v) is 4.74. The Morgan fingerprint density at radius 2 is 2.60 bits per heavy atom. The minimum Gasteiger partial charge on any atom is -0.480 e. The first-order valence-corrected chi connectivity index (χ1v) is 5.80. The summed E-state index contributed by atoms with van der Waals surface area (Å²) in [6.45, 7) is 0. The smallest absolute Gasteiger partial charge is 0.320 e. The van der Waals surface area contributed by atoms with E-state index in [-0.39, 0.29) is 5.37 Å². The predicted molar refractivity (Wildman–Crippen MR) is 57.6 cm³/mol. The summed E-state index contributed by atoms with van der Waals surface area (Å²) < 4.78 is 1.91. The lowest BCUT2D eigenvalue weighted by Gasteiger charge is -2.28. The van der Waals surface area contributed by atoms with Gasteiger partial charge >= 0.3 is 5.97 Å². The molecule has 0 spiro atoms. The quantitative estimate of drug-likeness (QED) is 0.774. The van der Waals surface area contributed by atoms with Crippen LogP contribution in [0.15, 0.2) is 12.5 Å². The van der Waals surface area contributed by atoms with Crippen LogP contribution in [0.3, 0.4) is 0 Å². The van der Waals surface area contributed by atoms with E-state index >= 15 is 0 Å². The predicted octanol–water partition coefficient (Wildman–Crippen LogP) is 0.598. The molecule has 2 atom stereocenters. The standard InChI is InChI=1S/C9H13N3O2S/c1-12-5-10-4-7(12)8-11-6(9(13)14)2-3-15-8/h4-6,8,11H,2-3H2,1H3,(H,13,14). The number of aryl methyl sites for hydroxylation is 1. The Balaban J connectivity index is 2.11. The first-order valence-electron chi connectivity index (χ1n) is 4.75. The average molecular weight is 227 g/mol. The summed E-state index contributed by atoms with van der Waals surface area (Å²) in [7, 11) is 1.91. The molecule has 1 aromatic rings. The van der Waals surface area contributed by atoms with E-state index < -0.39 is 12.0 Å². The number of aliphatic carboxylic acids is 1. The van der Waals surface area contributed by atoms with Crippen molar-refractivity contribution < 1.29 is 9.90 Å². The second kappa shape index (κ2) is 4.24. The van der Waals surface area contributed by atoms with Gasteiger partial charge in [0.2, 0.25) is 0 Å². The van der Waals surface area contributed by atoms with Gasteiger partial charge in [0.1, 0.15) is 6.04 Å². The fourth-order valence-electron chi connectivity index (χ4n) is 1.60. The minimum absolute atomic E-state index is 0.0346. The van der Waals surface area contributed by atoms with E-state index in [0.29, 0.717) is 6.42 Å². The summed E-state index contributed by atoms with van der Waals surface area (Å²) in [5.74, 6) is 0.0854. The molecule has 1 aromatic heterocycles. The zero-order chi connectivity index (χ0) is 10.8. The van der Waals surface area contributed by atoms with E-state index in [2.05, 4.69) is 10.3 Å². The number of nitrogens with one attached hydrogen (secondary N) is 1. The molecule has 2 unspecified atom stereocenters. The van der Waals surface area contributed by atoms with Crippen LogP contribution in [0.2, 0.25) is 0 Å². The third-order valence-corrected chi connectivity index (χ3v) is 3.65. The molecule has 0 amide bonds. The molecule has 1 aliphatic heterocycles. The maximum absolute atomic E-state index is 10.9. The maximum atomic E-state index is 10.9. The molecule has 0 bridgehead atoms. The monoisotopic (exact) mass is 227 g/mol. The van der Waals surface area contributed by atoms with Crippen LogP contribution >= 0.6 is 11.8 Å². The van der Waals surface area contributed by atoms with Gasteiger partial charge in [0.05, 0.1) is 23.6 Å². The van der Waals surface area contributed by atoms with Gasteiger partial charge in [-0.05, 0) is 12.2 Å². The molecular weight excluding hydrogens is 214 g/mol. The third kappa shape index (κ3) is 2.15. The maximum Gasteiger partial charge on any atom is 0.320 e. The Hall–Kier alpha value is -1.01. The van der Waals surface area contributed by atoms with Gasteiger partial charge in [0.15, 0.2) is 0 Å². The van der Waals surface area contributed by atoms with E-state index in [9.17, 15) is 4.79 Å². The van der Waals surface area contributed by atoms with Crippen molar-refractivity contribution in [2.24, 2.45) is 7.05 Å². The van der Waals surface area contributed by atoms with Crippen LogP contribution in [0.5, 0.6) is 0 Å². The topological polar surface area (TPSA) is 67.2 Å². The molecule has 82 valence electrons. The number of rotatable bonds is 2. The van der Waals surface area contributed by atoms with E-state index in [4.69, 9.17) is 5.11 Å². The second-order valence-electron chi connectivity index (χ2n) is 3.53. The van der Waals surface area contributed by atoms with Crippen LogP contribution in [0.25, 0.3) is 0 Å². The van der Waals surface area contributed by atoms with Gasteiger partial charge < -0.3 is 9.67 Å². The number of carboxylic acids is 1. The third-order valence-electron chi connectivity index (χ3n) is 2.46. The number of carbonyl (C=O) groups is 1. The van der Waals surface area contributed by atoms with E-state index in [1.54, 1.807) is 24.3 Å². The fraction of sp³-hybridized carbons (Fsp3) is 0.556. The summed E-state index contributed by atoms with van der Waals surface area (Å²) in [6.07, 6.45) is 4.17. The number of hydrogen-bond acceptors (Lipinski definition) is 4. The lowest BCUT2D eigenvalue weighted by molar-refractivity contribution is -0.139. The summed E-state index contributed by atoms with van der Waals surface area (Å²) >= 11 is 1.72. The highest BCUT2D eigenvalue weighted by Gasteiger charge is 2.28. The van der Waals surface area contributed by atoms with Crippen LogP contribution in [-0.2, 0) is 11.8 Å². The summed E-state index contributed by atoms with van der Waals surface area (Å²) in [5, 5.41) is 12.1. The SMILES string of the molecule is Cn1cncc1C1NC(C(=O)O)CCS1. The van der Waals surface area contributed by atoms with Crippen molar-refractivity contribution in [3.63, 3.8) is 0 Å². The van der Waals surface area contributed by atoms with Gasteiger partial charge in [-0.1, -0.05) is 0 Å². The number of imidazole rings is 1. The van der Waals surface area contributed by atoms with Crippen molar-refractivity contribution in [3.05, 3.63) is 18.2 Å². The van der Waals surface area contributed by atoms with E-state index in [1.807, 2.05) is 11.6 Å². The highest BCUT2D eigenvalue weighted by molar-refractivity contribution is 7.99. The number of nitrogens with zero attached hydrogens (tertiary/aromatic N) is 2. The summed E-state index contributed by atoms with van der Waals surface area (Å²) in [6, 6.07) is -0.439. The minimum atomic E-state index is -0.775. The fourth-order valence-corrected chi connectivity index (χ4v) is 2.87. The van der Waals surface area contributed by atoms with Gasteiger partial charge in [-0.15, -0.1) is 11.8 Å². The molecule has 2 N–H and O–H groups in total. The number of aromatic nitrogens is 2. The van der Waals surface area contributed by atoms with E-state index in [0.717, 1.165) is 11.4 Å². The van der Waals surface area contributed by atoms with Crippen molar-refractivity contribution in [2.75, 3.05) is 5.75 Å². The van der Waals surface area contributed by atoms with Gasteiger partial charge in [-0.3, -0.25) is 10.1 Å². The molecular formula is C9H13N3O2S. The Morgan fingerprint density at radius 3 is 3.20 bits per heavy atom. The van der Waals surface area contributed by atoms with Crippen LogP contribution in [-0.4, -0.2) is 32.4 Å². The molecule has 1 saturated heterocycles. The molecule has 2 heterocycles. The van der Waals surface area contributed by atoms with Crippen molar-refractivity contribution >= 4 is 17.7 Å². The molecule has 0 radical (unpaired) electrons. The van der Waals surface area contributed by atoms with Crippen molar-refractivity contribution in [1.29, 1.82) is 0 Å². The molecule has 5 nitrogen and oxygen atoms in total. The van der Waals surface area contributed by atoms with Crippen LogP contribution < -0.4 is 5.32 Å². The average Bonchev–Trinajstić information content (AvgIpc) is 2.64. The van der Waals surface area contributed by atoms with Gasteiger partial charge in [0.25, 0.3) is 0 Å². The normalized spacial score (nSPS) is 26.5. The first-order chi connectivity index (χ1) is 7.18. The lowest BCUT2D eigenvalue weighted by Crippen LogP contribution is -2.42. The van der Waals surface area contributed by atoms with Crippen LogP contribution in [0.1, 0.15) is 17.5 Å². The van der Waals surface area contributed by atoms with Crippen molar-refractivity contribution in [2.45, 2.75) is 17.8 Å². The van der Waals surface area contributed by atoms with E-state index in [1.165, 1.54) is 0 Å². The van der Waals surface area contributed by atoms with Gasteiger partial charge in [-0.25, -0.2) is 4.98 Å². The Kier molecular flexibility index (Phi) is 2.97. The molecule has 15 heavy (non-hydrogen) atoms. The van der Waals surface area contributed by atoms with Crippen LogP contribution in [0.4, 0.5) is 0 Å². The Labute approximate surface area is 91.9 Å². The van der Waals surface area contributed by atoms with Gasteiger partial charge in [-0.2, -0.15) is 0 Å². The Bertz CT molecular complexity index is 366. The number of thioether (sulfide) groups is 1. The summed E-state index contributed by atoms with van der Waals surface area (Å²) in [4.78, 5) is 14.9. The van der Waals surface area contributed by atoms with Gasteiger partial charge in [0, 0.05) is 7.05 Å². The summed E-state index contributed by atoms with van der Waals surface area (Å²) in [5.41, 5.74) is 1.02. The Morgan fingerprint density at radius 1 is 1.80 bits per heavy atom. The molecule has 0 saturated carbocycles. The first kappa shape index (κ1) is 10.5. The molecule has 0 aromatic carbocycles.